The Morgan fingerprint density at radius 3 is 2.23 bits per heavy atom. The molecule has 2 saturated carbocycles. The van der Waals surface area contributed by atoms with Crippen molar-refractivity contribution in [3.8, 4) is 0 Å². The van der Waals surface area contributed by atoms with Crippen LogP contribution < -0.4 is 15.1 Å². The van der Waals surface area contributed by atoms with Crippen LogP contribution in [0.1, 0.15) is 74.5 Å². The van der Waals surface area contributed by atoms with Gasteiger partial charge in [0.2, 0.25) is 5.91 Å². The molecule has 1 unspecified atom stereocenters. The monoisotopic (exact) mass is 555 g/mol. The SMILES string of the molecule is C[N+]1(C(=O)NC2(NC(=O)C3CCCCC3)CCCC2)C(=O)CN=C(c2ccc(C(F)(F)F)cc2)c2ccccc21. The molecule has 5 rings (SSSR count). The molecule has 10 heteroatoms. The molecule has 40 heavy (non-hydrogen) atoms. The maximum absolute atomic E-state index is 14.1. The Morgan fingerprint density at radius 2 is 1.57 bits per heavy atom. The zero-order valence-electron chi connectivity index (χ0n) is 22.5. The van der Waals surface area contributed by atoms with E-state index in [1.807, 2.05) is 0 Å². The quantitative estimate of drug-likeness (QED) is 0.375. The van der Waals surface area contributed by atoms with E-state index in [1.165, 1.54) is 19.2 Å². The highest BCUT2D eigenvalue weighted by Gasteiger charge is 2.50. The van der Waals surface area contributed by atoms with Gasteiger partial charge >= 0.3 is 18.1 Å². The number of aliphatic imine (C=N–C) groups is 1. The summed E-state index contributed by atoms with van der Waals surface area (Å²) in [5.74, 6) is -0.619. The molecule has 1 heterocycles. The van der Waals surface area contributed by atoms with Crippen molar-refractivity contribution in [1.29, 1.82) is 0 Å². The number of benzene rings is 2. The summed E-state index contributed by atoms with van der Waals surface area (Å²) in [6.45, 7) is -0.337. The normalized spacial score (nSPS) is 23.1. The third-order valence-corrected chi connectivity index (χ3v) is 8.55. The Morgan fingerprint density at radius 1 is 0.925 bits per heavy atom. The summed E-state index contributed by atoms with van der Waals surface area (Å²) >= 11 is 0. The van der Waals surface area contributed by atoms with Crippen molar-refractivity contribution in [2.75, 3.05) is 13.6 Å². The Balaban J connectivity index is 1.46. The van der Waals surface area contributed by atoms with Crippen molar-refractivity contribution in [1.82, 2.24) is 15.1 Å². The minimum Gasteiger partial charge on any atom is -0.333 e. The van der Waals surface area contributed by atoms with Gasteiger partial charge in [-0.25, -0.2) is 9.59 Å². The van der Waals surface area contributed by atoms with Crippen molar-refractivity contribution in [2.24, 2.45) is 10.9 Å². The van der Waals surface area contributed by atoms with Gasteiger partial charge in [-0.05, 0) is 56.7 Å². The zero-order chi connectivity index (χ0) is 28.5. The number of alkyl halides is 3. The number of rotatable bonds is 4. The first-order chi connectivity index (χ1) is 19.0. The summed E-state index contributed by atoms with van der Waals surface area (Å²) < 4.78 is 38.7. The van der Waals surface area contributed by atoms with Crippen LogP contribution in [0.15, 0.2) is 53.5 Å². The van der Waals surface area contributed by atoms with E-state index in [-0.39, 0.29) is 18.4 Å². The number of carbonyl (C=O) groups excluding carboxylic acids is 3. The topological polar surface area (TPSA) is 87.6 Å². The minimum absolute atomic E-state index is 0.0555. The molecule has 1 atom stereocenters. The summed E-state index contributed by atoms with van der Waals surface area (Å²) in [5.41, 5.74) is -0.120. The van der Waals surface area contributed by atoms with Crippen LogP contribution in [-0.2, 0) is 15.8 Å². The van der Waals surface area contributed by atoms with Gasteiger partial charge in [-0.1, -0.05) is 43.5 Å². The van der Waals surface area contributed by atoms with Crippen LogP contribution in [0, 0.1) is 5.92 Å². The van der Waals surface area contributed by atoms with E-state index >= 15 is 0 Å². The fraction of sp³-hybridized carbons (Fsp3) is 0.467. The van der Waals surface area contributed by atoms with E-state index in [2.05, 4.69) is 15.6 Å². The van der Waals surface area contributed by atoms with Gasteiger partial charge in [0.05, 0.1) is 23.9 Å². The number of carbonyl (C=O) groups is 3. The highest BCUT2D eigenvalue weighted by Crippen LogP contribution is 2.35. The number of quaternary nitrogens is 1. The van der Waals surface area contributed by atoms with Gasteiger partial charge in [0.1, 0.15) is 5.66 Å². The molecule has 2 N–H and O–H groups in total. The van der Waals surface area contributed by atoms with Gasteiger partial charge in [0.15, 0.2) is 12.2 Å². The molecular formula is C30H34F3N4O3+. The van der Waals surface area contributed by atoms with Gasteiger partial charge in [-0.2, -0.15) is 13.2 Å². The van der Waals surface area contributed by atoms with Crippen molar-refractivity contribution in [3.63, 3.8) is 0 Å². The number of urea groups is 1. The standard InChI is InChI=1S/C30H33F3N4O3/c1-37(28(40)36-29(17-7-8-18-29)35-27(39)21-9-3-2-4-10-21)24-12-6-5-11-23(24)26(34-19-25(37)38)20-13-15-22(16-14-20)30(31,32)33/h5-6,11-16,21H,2-4,7-10,17-19H2,1H3,(H-,35,36,39,40)/p+1. The van der Waals surface area contributed by atoms with E-state index in [1.54, 1.807) is 24.3 Å². The number of nitrogens with zero attached hydrogens (tertiary/aromatic N) is 2. The van der Waals surface area contributed by atoms with E-state index < -0.39 is 33.8 Å². The Labute approximate surface area is 231 Å². The number of para-hydroxylation sites is 1. The van der Waals surface area contributed by atoms with E-state index in [4.69, 9.17) is 0 Å². The van der Waals surface area contributed by atoms with Gasteiger partial charge < -0.3 is 5.32 Å². The molecule has 2 aromatic carbocycles. The fourth-order valence-corrected chi connectivity index (χ4v) is 6.14. The number of halogens is 3. The Bertz CT molecular complexity index is 1330. The molecule has 4 amide bonds. The smallest absolute Gasteiger partial charge is 0.333 e. The molecule has 3 aliphatic rings. The third kappa shape index (κ3) is 5.29. The largest absolute Gasteiger partial charge is 0.430 e. The van der Waals surface area contributed by atoms with Crippen LogP contribution in [0.4, 0.5) is 23.7 Å². The van der Waals surface area contributed by atoms with Gasteiger partial charge in [0.25, 0.3) is 0 Å². The van der Waals surface area contributed by atoms with Gasteiger partial charge in [-0.15, -0.1) is 4.48 Å². The molecule has 0 bridgehead atoms. The maximum atomic E-state index is 14.1. The third-order valence-electron chi connectivity index (χ3n) is 8.55. The van der Waals surface area contributed by atoms with Crippen molar-refractivity contribution < 1.29 is 27.6 Å². The van der Waals surface area contributed by atoms with Crippen molar-refractivity contribution in [2.45, 2.75) is 69.6 Å². The first kappa shape index (κ1) is 28.0. The molecule has 7 nitrogen and oxygen atoms in total. The molecule has 212 valence electrons. The van der Waals surface area contributed by atoms with Gasteiger partial charge in [0, 0.05) is 17.5 Å². The summed E-state index contributed by atoms with van der Waals surface area (Å²) in [6, 6.07) is 10.9. The molecule has 0 spiro atoms. The molecule has 0 saturated heterocycles. The number of fused-ring (bicyclic) bond motifs is 1. The molecule has 1 aliphatic heterocycles. The average Bonchev–Trinajstić information content (AvgIpc) is 3.36. The minimum atomic E-state index is -4.48. The molecule has 2 fully saturated rings. The second-order valence-corrected chi connectivity index (χ2v) is 11.2. The molecule has 2 aliphatic carbocycles. The summed E-state index contributed by atoms with van der Waals surface area (Å²) in [4.78, 5) is 45.3. The number of hydrogen-bond donors (Lipinski definition) is 2. The second-order valence-electron chi connectivity index (χ2n) is 11.2. The number of amides is 4. The van der Waals surface area contributed by atoms with E-state index in [0.29, 0.717) is 35.4 Å². The summed E-state index contributed by atoms with van der Waals surface area (Å²) in [7, 11) is 1.51. The number of hydrogen-bond acceptors (Lipinski definition) is 4. The number of likely N-dealkylation sites (N-methyl/N-ethyl adjacent to an activating group) is 1. The van der Waals surface area contributed by atoms with Crippen LogP contribution >= 0.6 is 0 Å². The van der Waals surface area contributed by atoms with Crippen LogP contribution in [0.5, 0.6) is 0 Å². The summed E-state index contributed by atoms with van der Waals surface area (Å²) in [5, 5.41) is 6.20. The zero-order valence-corrected chi connectivity index (χ0v) is 22.5. The Hall–Kier alpha value is -3.53. The predicted octanol–water partition coefficient (Wildman–Crippen LogP) is 5.70. The molecular weight excluding hydrogens is 521 g/mol. The van der Waals surface area contributed by atoms with E-state index in [9.17, 15) is 27.6 Å². The maximum Gasteiger partial charge on any atom is 0.430 e. The lowest BCUT2D eigenvalue weighted by atomic mass is 9.88. The first-order valence-corrected chi connectivity index (χ1v) is 13.9. The Kier molecular flexibility index (Phi) is 7.56. The molecule has 0 aromatic heterocycles. The highest BCUT2D eigenvalue weighted by molar-refractivity contribution is 6.22. The molecule has 0 radical (unpaired) electrons. The predicted molar refractivity (Wildman–Crippen MR) is 146 cm³/mol. The van der Waals surface area contributed by atoms with Crippen LogP contribution in [-0.4, -0.2) is 42.8 Å². The number of benzodiazepines with no additional fused rings is 1. The van der Waals surface area contributed by atoms with Gasteiger partial charge in [-0.3, -0.25) is 15.1 Å². The van der Waals surface area contributed by atoms with Crippen molar-refractivity contribution in [3.05, 3.63) is 65.2 Å². The number of imide groups is 1. The average molecular weight is 556 g/mol. The lowest BCUT2D eigenvalue weighted by Crippen LogP contribution is -2.68. The highest BCUT2D eigenvalue weighted by atomic mass is 19.4. The lowest BCUT2D eigenvalue weighted by Gasteiger charge is -2.37. The summed E-state index contributed by atoms with van der Waals surface area (Å²) in [6.07, 6.45) is 3.15. The van der Waals surface area contributed by atoms with Crippen LogP contribution in [0.3, 0.4) is 0 Å². The van der Waals surface area contributed by atoms with Crippen molar-refractivity contribution >= 4 is 29.2 Å². The second kappa shape index (κ2) is 10.8. The number of nitrogens with one attached hydrogen (secondary N) is 2. The lowest BCUT2D eigenvalue weighted by molar-refractivity contribution is -0.137. The molecule has 2 aromatic rings. The fourth-order valence-electron chi connectivity index (χ4n) is 6.14. The van der Waals surface area contributed by atoms with Crippen LogP contribution in [0.2, 0.25) is 0 Å². The first-order valence-electron chi connectivity index (χ1n) is 13.9. The van der Waals surface area contributed by atoms with E-state index in [0.717, 1.165) is 57.1 Å². The van der Waals surface area contributed by atoms with Crippen LogP contribution in [0.25, 0.3) is 0 Å².